The molecule has 0 saturated heterocycles. The molecule has 1 atom stereocenters. The van der Waals surface area contributed by atoms with Crippen LogP contribution in [0.1, 0.15) is 70.4 Å². The fourth-order valence-corrected chi connectivity index (χ4v) is 3.30. The summed E-state index contributed by atoms with van der Waals surface area (Å²) in [6.07, 6.45) is 6.78. The molecule has 1 heterocycles. The van der Waals surface area contributed by atoms with E-state index in [1.807, 2.05) is 4.68 Å². The molecule has 108 valence electrons. The van der Waals surface area contributed by atoms with Crippen LogP contribution in [-0.2, 0) is 13.0 Å². The van der Waals surface area contributed by atoms with Crippen LogP contribution in [0.25, 0.3) is 0 Å². The SMILES string of the molecule is CCc1cc(C(O)C2CCC(CC)CC2)n(CC)n1. The van der Waals surface area contributed by atoms with E-state index < -0.39 is 0 Å². The van der Waals surface area contributed by atoms with Crippen molar-refractivity contribution in [3.63, 3.8) is 0 Å². The molecule has 1 aliphatic rings. The summed E-state index contributed by atoms with van der Waals surface area (Å²) in [6.45, 7) is 7.33. The average Bonchev–Trinajstić information content (AvgIpc) is 2.90. The predicted molar refractivity (Wildman–Crippen MR) is 78.0 cm³/mol. The van der Waals surface area contributed by atoms with Crippen LogP contribution in [-0.4, -0.2) is 14.9 Å². The van der Waals surface area contributed by atoms with E-state index >= 15 is 0 Å². The molecule has 1 N–H and O–H groups in total. The van der Waals surface area contributed by atoms with Crippen LogP contribution in [0, 0.1) is 11.8 Å². The zero-order chi connectivity index (χ0) is 13.8. The van der Waals surface area contributed by atoms with Crippen molar-refractivity contribution in [1.29, 1.82) is 0 Å². The topological polar surface area (TPSA) is 38.0 Å². The van der Waals surface area contributed by atoms with E-state index in [1.165, 1.54) is 19.3 Å². The molecule has 0 aliphatic heterocycles. The van der Waals surface area contributed by atoms with Crippen molar-refractivity contribution in [3.05, 3.63) is 17.5 Å². The predicted octanol–water partition coefficient (Wildman–Crippen LogP) is 3.72. The van der Waals surface area contributed by atoms with E-state index in [0.717, 1.165) is 43.1 Å². The van der Waals surface area contributed by atoms with Crippen molar-refractivity contribution < 1.29 is 5.11 Å². The van der Waals surface area contributed by atoms with Crippen LogP contribution in [0.5, 0.6) is 0 Å². The van der Waals surface area contributed by atoms with Gasteiger partial charge in [-0.1, -0.05) is 33.1 Å². The standard InChI is InChI=1S/C16H28N2O/c1-4-12-7-9-13(10-8-12)16(19)15-11-14(5-2)17-18(15)6-3/h11-13,16,19H,4-10H2,1-3H3. The lowest BCUT2D eigenvalue weighted by atomic mass is 9.78. The molecule has 0 bridgehead atoms. The highest BCUT2D eigenvalue weighted by Crippen LogP contribution is 2.38. The van der Waals surface area contributed by atoms with Crippen LogP contribution >= 0.6 is 0 Å². The molecule has 1 saturated carbocycles. The van der Waals surface area contributed by atoms with Gasteiger partial charge in [-0.05, 0) is 44.1 Å². The van der Waals surface area contributed by atoms with Gasteiger partial charge in [-0.2, -0.15) is 5.10 Å². The second-order valence-corrected chi connectivity index (χ2v) is 5.86. The monoisotopic (exact) mass is 264 g/mol. The van der Waals surface area contributed by atoms with Gasteiger partial charge in [-0.15, -0.1) is 0 Å². The Morgan fingerprint density at radius 3 is 2.47 bits per heavy atom. The van der Waals surface area contributed by atoms with E-state index in [0.29, 0.717) is 5.92 Å². The second-order valence-electron chi connectivity index (χ2n) is 5.86. The first-order valence-corrected chi connectivity index (χ1v) is 7.94. The zero-order valence-corrected chi connectivity index (χ0v) is 12.6. The van der Waals surface area contributed by atoms with E-state index in [1.54, 1.807) is 0 Å². The molecule has 1 aromatic rings. The molecule has 0 spiro atoms. The molecule has 3 heteroatoms. The molecule has 1 aromatic heterocycles. The van der Waals surface area contributed by atoms with Crippen LogP contribution < -0.4 is 0 Å². The summed E-state index contributed by atoms with van der Waals surface area (Å²) < 4.78 is 1.98. The third kappa shape index (κ3) is 3.19. The summed E-state index contributed by atoms with van der Waals surface area (Å²) in [7, 11) is 0. The molecule has 1 fully saturated rings. The minimum absolute atomic E-state index is 0.328. The maximum absolute atomic E-state index is 10.7. The zero-order valence-electron chi connectivity index (χ0n) is 12.6. The highest BCUT2D eigenvalue weighted by atomic mass is 16.3. The molecule has 3 nitrogen and oxygen atoms in total. The summed E-state index contributed by atoms with van der Waals surface area (Å²) in [4.78, 5) is 0. The molecule has 1 aliphatic carbocycles. The maximum atomic E-state index is 10.7. The Kier molecular flexibility index (Phi) is 5.03. The van der Waals surface area contributed by atoms with Crippen LogP contribution in [0.3, 0.4) is 0 Å². The Bertz CT molecular complexity index is 391. The Morgan fingerprint density at radius 2 is 1.95 bits per heavy atom. The summed E-state index contributed by atoms with van der Waals surface area (Å²) >= 11 is 0. The van der Waals surface area contributed by atoms with Crippen molar-refractivity contribution in [1.82, 2.24) is 9.78 Å². The first-order chi connectivity index (χ1) is 9.19. The van der Waals surface area contributed by atoms with Gasteiger partial charge < -0.3 is 5.11 Å². The summed E-state index contributed by atoms with van der Waals surface area (Å²) in [5.41, 5.74) is 2.12. The number of nitrogens with zero attached hydrogens (tertiary/aromatic N) is 2. The number of aliphatic hydroxyl groups is 1. The Morgan fingerprint density at radius 1 is 1.26 bits per heavy atom. The molecule has 0 radical (unpaired) electrons. The highest BCUT2D eigenvalue weighted by molar-refractivity contribution is 5.14. The fraction of sp³-hybridized carbons (Fsp3) is 0.812. The van der Waals surface area contributed by atoms with E-state index in [2.05, 4.69) is 31.9 Å². The van der Waals surface area contributed by atoms with E-state index in [9.17, 15) is 5.11 Å². The number of aromatic nitrogens is 2. The number of aryl methyl sites for hydroxylation is 2. The van der Waals surface area contributed by atoms with Crippen molar-refractivity contribution in [2.75, 3.05) is 0 Å². The number of hydrogen-bond acceptors (Lipinski definition) is 2. The third-order valence-electron chi connectivity index (χ3n) is 4.74. The van der Waals surface area contributed by atoms with Gasteiger partial charge >= 0.3 is 0 Å². The van der Waals surface area contributed by atoms with Gasteiger partial charge in [0.25, 0.3) is 0 Å². The van der Waals surface area contributed by atoms with E-state index in [-0.39, 0.29) is 6.10 Å². The Hall–Kier alpha value is -0.830. The molecule has 2 rings (SSSR count). The quantitative estimate of drug-likeness (QED) is 0.880. The van der Waals surface area contributed by atoms with Crippen LogP contribution in [0.2, 0.25) is 0 Å². The maximum Gasteiger partial charge on any atom is 0.0984 e. The minimum atomic E-state index is -0.328. The lowest BCUT2D eigenvalue weighted by Gasteiger charge is -2.31. The first-order valence-electron chi connectivity index (χ1n) is 7.94. The van der Waals surface area contributed by atoms with E-state index in [4.69, 9.17) is 0 Å². The lowest BCUT2D eigenvalue weighted by molar-refractivity contribution is 0.0658. The highest BCUT2D eigenvalue weighted by Gasteiger charge is 2.28. The minimum Gasteiger partial charge on any atom is -0.387 e. The number of rotatable bonds is 5. The van der Waals surface area contributed by atoms with Crippen molar-refractivity contribution in [2.24, 2.45) is 11.8 Å². The van der Waals surface area contributed by atoms with Gasteiger partial charge in [0.05, 0.1) is 17.5 Å². The Balaban J connectivity index is 2.07. The largest absolute Gasteiger partial charge is 0.387 e. The first kappa shape index (κ1) is 14.6. The van der Waals surface area contributed by atoms with Crippen molar-refractivity contribution >= 4 is 0 Å². The second kappa shape index (κ2) is 6.56. The van der Waals surface area contributed by atoms with Gasteiger partial charge in [0.1, 0.15) is 0 Å². The van der Waals surface area contributed by atoms with Gasteiger partial charge in [0, 0.05) is 6.54 Å². The molecule has 0 aromatic carbocycles. The molecule has 19 heavy (non-hydrogen) atoms. The summed E-state index contributed by atoms with van der Waals surface area (Å²) in [6, 6.07) is 2.10. The number of aliphatic hydroxyl groups excluding tert-OH is 1. The molecule has 1 unspecified atom stereocenters. The van der Waals surface area contributed by atoms with Gasteiger partial charge in [-0.25, -0.2) is 0 Å². The number of hydrogen-bond donors (Lipinski definition) is 1. The Labute approximate surface area is 117 Å². The van der Waals surface area contributed by atoms with Crippen LogP contribution in [0.4, 0.5) is 0 Å². The smallest absolute Gasteiger partial charge is 0.0984 e. The third-order valence-corrected chi connectivity index (χ3v) is 4.74. The fourth-order valence-electron chi connectivity index (χ4n) is 3.30. The van der Waals surface area contributed by atoms with Crippen LogP contribution in [0.15, 0.2) is 6.07 Å². The summed E-state index contributed by atoms with van der Waals surface area (Å²) in [5.74, 6) is 1.31. The van der Waals surface area contributed by atoms with Gasteiger partial charge in [0.15, 0.2) is 0 Å². The summed E-state index contributed by atoms with van der Waals surface area (Å²) in [5, 5.41) is 15.2. The molecule has 0 amide bonds. The normalized spacial score (nSPS) is 25.5. The lowest BCUT2D eigenvalue weighted by Crippen LogP contribution is -2.22. The van der Waals surface area contributed by atoms with Gasteiger partial charge in [0.2, 0.25) is 0 Å². The van der Waals surface area contributed by atoms with Crippen molar-refractivity contribution in [3.8, 4) is 0 Å². The molecular formula is C16H28N2O. The molecular weight excluding hydrogens is 236 g/mol. The average molecular weight is 264 g/mol. The van der Waals surface area contributed by atoms with Crippen molar-refractivity contribution in [2.45, 2.75) is 71.9 Å². The van der Waals surface area contributed by atoms with Gasteiger partial charge in [-0.3, -0.25) is 4.68 Å².